The molecule has 2 heteroatoms. The highest BCUT2D eigenvalue weighted by Crippen LogP contribution is 2.43. The fourth-order valence-electron chi connectivity index (χ4n) is 2.83. The second-order valence-electron chi connectivity index (χ2n) is 5.36. The quantitative estimate of drug-likeness (QED) is 0.725. The highest BCUT2D eigenvalue weighted by molar-refractivity contribution is 9.09. The Bertz CT molecular complexity index is 408. The standard InChI is InChI=1S/C16H23BrO/c1-4-12-7-8-14(11-13(12)5-2)15(17)16(3)9-6-10-18-16/h7-8,11,15H,4-6,9-10H2,1-3H3. The minimum absolute atomic E-state index is 0.0429. The van der Waals surface area contributed by atoms with Gasteiger partial charge in [0.15, 0.2) is 0 Å². The predicted molar refractivity (Wildman–Crippen MR) is 80.5 cm³/mol. The maximum Gasteiger partial charge on any atom is 0.0820 e. The largest absolute Gasteiger partial charge is 0.374 e. The number of benzene rings is 1. The molecule has 0 amide bonds. The third-order valence-electron chi connectivity index (χ3n) is 4.07. The molecular weight excluding hydrogens is 288 g/mol. The van der Waals surface area contributed by atoms with E-state index in [2.05, 4.69) is 54.9 Å². The summed E-state index contributed by atoms with van der Waals surface area (Å²) in [6.07, 6.45) is 4.53. The summed E-state index contributed by atoms with van der Waals surface area (Å²) in [5.74, 6) is 0. The van der Waals surface area contributed by atoms with E-state index in [1.165, 1.54) is 23.1 Å². The zero-order valence-corrected chi connectivity index (χ0v) is 13.2. The first-order chi connectivity index (χ1) is 8.60. The normalized spacial score (nSPS) is 25.3. The van der Waals surface area contributed by atoms with Gasteiger partial charge in [0.1, 0.15) is 0 Å². The zero-order valence-electron chi connectivity index (χ0n) is 11.6. The van der Waals surface area contributed by atoms with E-state index in [0.29, 0.717) is 4.83 Å². The molecule has 2 atom stereocenters. The van der Waals surface area contributed by atoms with Crippen molar-refractivity contribution in [3.8, 4) is 0 Å². The van der Waals surface area contributed by atoms with Crippen LogP contribution in [-0.2, 0) is 17.6 Å². The summed E-state index contributed by atoms with van der Waals surface area (Å²) >= 11 is 3.85. The fraction of sp³-hybridized carbons (Fsp3) is 0.625. The molecule has 1 heterocycles. The maximum absolute atomic E-state index is 5.94. The Morgan fingerprint density at radius 1 is 1.28 bits per heavy atom. The van der Waals surface area contributed by atoms with Gasteiger partial charge in [-0.25, -0.2) is 0 Å². The molecule has 0 N–H and O–H groups in total. The van der Waals surface area contributed by atoms with Crippen LogP contribution >= 0.6 is 15.9 Å². The van der Waals surface area contributed by atoms with Crippen LogP contribution in [-0.4, -0.2) is 12.2 Å². The molecule has 100 valence electrons. The molecular formula is C16H23BrO. The molecule has 2 rings (SSSR count). The van der Waals surface area contributed by atoms with Crippen molar-refractivity contribution in [1.29, 1.82) is 0 Å². The summed E-state index contributed by atoms with van der Waals surface area (Å²) in [7, 11) is 0. The molecule has 2 unspecified atom stereocenters. The summed E-state index contributed by atoms with van der Waals surface area (Å²) in [6.45, 7) is 7.57. The molecule has 0 aromatic heterocycles. The highest BCUT2D eigenvalue weighted by atomic mass is 79.9. The highest BCUT2D eigenvalue weighted by Gasteiger charge is 2.37. The number of hydrogen-bond donors (Lipinski definition) is 0. The second-order valence-corrected chi connectivity index (χ2v) is 6.28. The van der Waals surface area contributed by atoms with Gasteiger partial charge in [0.25, 0.3) is 0 Å². The zero-order chi connectivity index (χ0) is 13.2. The molecule has 1 nitrogen and oxygen atoms in total. The van der Waals surface area contributed by atoms with Crippen LogP contribution in [0.5, 0.6) is 0 Å². The lowest BCUT2D eigenvalue weighted by Gasteiger charge is -2.30. The van der Waals surface area contributed by atoms with Crippen LogP contribution in [0.3, 0.4) is 0 Å². The van der Waals surface area contributed by atoms with E-state index in [-0.39, 0.29) is 5.60 Å². The van der Waals surface area contributed by atoms with Crippen LogP contribution in [0.1, 0.15) is 55.1 Å². The smallest absolute Gasteiger partial charge is 0.0820 e. The minimum atomic E-state index is -0.0429. The maximum atomic E-state index is 5.94. The lowest BCUT2D eigenvalue weighted by atomic mass is 9.90. The lowest BCUT2D eigenvalue weighted by molar-refractivity contribution is 0.0197. The van der Waals surface area contributed by atoms with E-state index in [4.69, 9.17) is 4.74 Å². The van der Waals surface area contributed by atoms with Crippen LogP contribution in [0.25, 0.3) is 0 Å². The van der Waals surface area contributed by atoms with E-state index < -0.39 is 0 Å². The van der Waals surface area contributed by atoms with Gasteiger partial charge in [-0.15, -0.1) is 0 Å². The topological polar surface area (TPSA) is 9.23 Å². The Morgan fingerprint density at radius 2 is 2.00 bits per heavy atom. The minimum Gasteiger partial charge on any atom is -0.374 e. The van der Waals surface area contributed by atoms with Gasteiger partial charge < -0.3 is 4.74 Å². The molecule has 18 heavy (non-hydrogen) atoms. The van der Waals surface area contributed by atoms with E-state index in [9.17, 15) is 0 Å². The first-order valence-corrected chi connectivity index (χ1v) is 7.92. The van der Waals surface area contributed by atoms with E-state index in [1.807, 2.05) is 0 Å². The predicted octanol–water partition coefficient (Wildman–Crippen LogP) is 4.82. The summed E-state index contributed by atoms with van der Waals surface area (Å²) < 4.78 is 5.94. The van der Waals surface area contributed by atoms with Crippen molar-refractivity contribution in [3.05, 3.63) is 34.9 Å². The van der Waals surface area contributed by atoms with Crippen LogP contribution in [0.4, 0.5) is 0 Å². The van der Waals surface area contributed by atoms with Crippen molar-refractivity contribution in [2.24, 2.45) is 0 Å². The van der Waals surface area contributed by atoms with Crippen LogP contribution in [0.2, 0.25) is 0 Å². The Kier molecular flexibility index (Phi) is 4.50. The van der Waals surface area contributed by atoms with E-state index in [0.717, 1.165) is 25.9 Å². The van der Waals surface area contributed by atoms with Gasteiger partial charge in [-0.05, 0) is 49.3 Å². The molecule has 0 bridgehead atoms. The van der Waals surface area contributed by atoms with Gasteiger partial charge in [-0.3, -0.25) is 0 Å². The van der Waals surface area contributed by atoms with Crippen LogP contribution < -0.4 is 0 Å². The van der Waals surface area contributed by atoms with Gasteiger partial charge >= 0.3 is 0 Å². The third-order valence-corrected chi connectivity index (χ3v) is 5.57. The molecule has 0 spiro atoms. The van der Waals surface area contributed by atoms with E-state index in [1.54, 1.807) is 0 Å². The number of alkyl halides is 1. The van der Waals surface area contributed by atoms with Gasteiger partial charge in [0, 0.05) is 6.61 Å². The second kappa shape index (κ2) is 5.75. The number of rotatable bonds is 4. The Balaban J connectivity index is 2.27. The number of halogens is 1. The molecule has 0 saturated carbocycles. The Morgan fingerprint density at radius 3 is 2.56 bits per heavy atom. The average Bonchev–Trinajstić information content (AvgIpc) is 2.85. The van der Waals surface area contributed by atoms with Crippen molar-refractivity contribution in [2.75, 3.05) is 6.61 Å². The SMILES string of the molecule is CCc1ccc(C(Br)C2(C)CCCO2)cc1CC. The summed E-state index contributed by atoms with van der Waals surface area (Å²) in [5.41, 5.74) is 4.26. The van der Waals surface area contributed by atoms with E-state index >= 15 is 0 Å². The van der Waals surface area contributed by atoms with Crippen LogP contribution in [0, 0.1) is 0 Å². The van der Waals surface area contributed by atoms with Crippen molar-refractivity contribution in [2.45, 2.75) is 56.9 Å². The van der Waals surface area contributed by atoms with Crippen molar-refractivity contribution in [1.82, 2.24) is 0 Å². The first-order valence-electron chi connectivity index (χ1n) is 7.00. The van der Waals surface area contributed by atoms with Crippen LogP contribution in [0.15, 0.2) is 18.2 Å². The molecule has 1 fully saturated rings. The van der Waals surface area contributed by atoms with Crippen molar-refractivity contribution in [3.63, 3.8) is 0 Å². The molecule has 0 aliphatic carbocycles. The molecule has 1 aliphatic rings. The lowest BCUT2D eigenvalue weighted by Crippen LogP contribution is -2.28. The molecule has 1 saturated heterocycles. The van der Waals surface area contributed by atoms with Crippen molar-refractivity contribution < 1.29 is 4.74 Å². The Hall–Kier alpha value is -0.340. The number of ether oxygens (including phenoxy) is 1. The summed E-state index contributed by atoms with van der Waals surface area (Å²) in [5, 5.41) is 0. The summed E-state index contributed by atoms with van der Waals surface area (Å²) in [6, 6.07) is 6.89. The molecule has 1 aromatic rings. The van der Waals surface area contributed by atoms with Gasteiger partial charge in [0.2, 0.25) is 0 Å². The number of aryl methyl sites for hydroxylation is 2. The van der Waals surface area contributed by atoms with Gasteiger partial charge in [-0.1, -0.05) is 48.0 Å². The number of hydrogen-bond acceptors (Lipinski definition) is 1. The monoisotopic (exact) mass is 310 g/mol. The molecule has 1 aromatic carbocycles. The summed E-state index contributed by atoms with van der Waals surface area (Å²) in [4.78, 5) is 0.295. The van der Waals surface area contributed by atoms with Gasteiger partial charge in [0.05, 0.1) is 10.4 Å². The average molecular weight is 311 g/mol. The van der Waals surface area contributed by atoms with Crippen molar-refractivity contribution >= 4 is 15.9 Å². The third kappa shape index (κ3) is 2.65. The molecule has 0 radical (unpaired) electrons. The van der Waals surface area contributed by atoms with Gasteiger partial charge in [-0.2, -0.15) is 0 Å². The molecule has 1 aliphatic heterocycles. The fourth-order valence-corrected chi connectivity index (χ4v) is 3.48. The Labute approximate surface area is 119 Å². The first kappa shape index (κ1) is 14.1.